The van der Waals surface area contributed by atoms with E-state index >= 15 is 0 Å². The molecule has 5 nitrogen and oxygen atoms in total. The summed E-state index contributed by atoms with van der Waals surface area (Å²) in [6, 6.07) is 0. The second-order valence-electron chi connectivity index (χ2n) is 4.70. The Hall–Kier alpha value is -1.36. The third-order valence-electron chi connectivity index (χ3n) is 3.64. The Labute approximate surface area is 104 Å². The number of carbonyl (C=O) groups excluding carboxylic acids is 1. The Morgan fingerprint density at radius 2 is 2.12 bits per heavy atom. The van der Waals surface area contributed by atoms with Crippen molar-refractivity contribution in [1.29, 1.82) is 0 Å². The molecule has 0 bridgehead atoms. The van der Waals surface area contributed by atoms with Gasteiger partial charge in [0.15, 0.2) is 5.82 Å². The summed E-state index contributed by atoms with van der Waals surface area (Å²) < 4.78 is 0. The fourth-order valence-corrected chi connectivity index (χ4v) is 2.76. The number of halogens is 1. The van der Waals surface area contributed by atoms with Gasteiger partial charge in [-0.05, 0) is 24.4 Å². The third kappa shape index (κ3) is 1.74. The van der Waals surface area contributed by atoms with Crippen molar-refractivity contribution in [3.8, 4) is 0 Å². The highest BCUT2D eigenvalue weighted by molar-refractivity contribution is 6.28. The number of aromatic nitrogens is 2. The Balaban J connectivity index is 1.96. The molecule has 2 heterocycles. The molecule has 0 radical (unpaired) electrons. The smallest absolute Gasteiger partial charge is 0.232 e. The van der Waals surface area contributed by atoms with Crippen LogP contribution in [0.2, 0.25) is 5.28 Å². The first kappa shape index (κ1) is 10.8. The van der Waals surface area contributed by atoms with E-state index in [1.165, 1.54) is 0 Å². The van der Waals surface area contributed by atoms with Crippen LogP contribution in [0.1, 0.15) is 25.7 Å². The lowest BCUT2D eigenvalue weighted by Gasteiger charge is -2.24. The van der Waals surface area contributed by atoms with Crippen molar-refractivity contribution >= 4 is 29.0 Å². The predicted octanol–water partition coefficient (Wildman–Crippen LogP) is 2.05. The van der Waals surface area contributed by atoms with Gasteiger partial charge < -0.3 is 10.6 Å². The van der Waals surface area contributed by atoms with E-state index < -0.39 is 0 Å². The molecule has 0 atom stereocenters. The van der Waals surface area contributed by atoms with Crippen LogP contribution in [-0.4, -0.2) is 22.4 Å². The lowest BCUT2D eigenvalue weighted by molar-refractivity contribution is -0.124. The van der Waals surface area contributed by atoms with Crippen LogP contribution in [0.3, 0.4) is 0 Å². The first-order chi connectivity index (χ1) is 8.20. The molecule has 1 aliphatic carbocycles. The summed E-state index contributed by atoms with van der Waals surface area (Å²) in [6.45, 7) is 0.624. The quantitative estimate of drug-likeness (QED) is 0.694. The molecule has 6 heteroatoms. The van der Waals surface area contributed by atoms with E-state index in [0.29, 0.717) is 18.1 Å². The fraction of sp³-hybridized carbons (Fsp3) is 0.545. The van der Waals surface area contributed by atoms with Crippen LogP contribution in [-0.2, 0) is 4.79 Å². The topological polar surface area (TPSA) is 66.9 Å². The van der Waals surface area contributed by atoms with E-state index in [4.69, 9.17) is 11.6 Å². The SMILES string of the molecule is O=C1Nc2cnc(Cl)nc2NCC12CCCC2. The number of amides is 1. The Morgan fingerprint density at radius 1 is 1.35 bits per heavy atom. The molecular formula is C11H13ClN4O. The molecule has 1 saturated carbocycles. The molecule has 1 aromatic heterocycles. The minimum Gasteiger partial charge on any atom is -0.367 e. The molecule has 1 aromatic rings. The highest BCUT2D eigenvalue weighted by atomic mass is 35.5. The van der Waals surface area contributed by atoms with Crippen molar-refractivity contribution in [1.82, 2.24) is 9.97 Å². The average molecular weight is 253 g/mol. The van der Waals surface area contributed by atoms with Gasteiger partial charge in [0.2, 0.25) is 11.2 Å². The van der Waals surface area contributed by atoms with Crippen molar-refractivity contribution in [3.63, 3.8) is 0 Å². The summed E-state index contributed by atoms with van der Waals surface area (Å²) in [5, 5.41) is 6.30. The zero-order valence-electron chi connectivity index (χ0n) is 9.29. The maximum Gasteiger partial charge on any atom is 0.232 e. The number of fused-ring (bicyclic) bond motifs is 1. The van der Waals surface area contributed by atoms with Crippen molar-refractivity contribution in [2.45, 2.75) is 25.7 Å². The molecule has 1 aliphatic heterocycles. The number of hydrogen-bond acceptors (Lipinski definition) is 4. The first-order valence-corrected chi connectivity index (χ1v) is 6.15. The van der Waals surface area contributed by atoms with Crippen molar-refractivity contribution in [2.24, 2.45) is 5.41 Å². The number of nitrogens with one attached hydrogen (secondary N) is 2. The number of carbonyl (C=O) groups is 1. The van der Waals surface area contributed by atoms with Gasteiger partial charge in [0.05, 0.1) is 11.6 Å². The number of anilines is 2. The maximum absolute atomic E-state index is 12.2. The van der Waals surface area contributed by atoms with Crippen LogP contribution in [0.25, 0.3) is 0 Å². The Kier molecular flexibility index (Phi) is 2.43. The lowest BCUT2D eigenvalue weighted by atomic mass is 9.85. The minimum atomic E-state index is -0.285. The van der Waals surface area contributed by atoms with E-state index in [1.807, 2.05) is 0 Å². The molecule has 90 valence electrons. The van der Waals surface area contributed by atoms with Crippen LogP contribution in [0.15, 0.2) is 6.20 Å². The maximum atomic E-state index is 12.2. The average Bonchev–Trinajstić information content (AvgIpc) is 2.74. The first-order valence-electron chi connectivity index (χ1n) is 5.78. The van der Waals surface area contributed by atoms with Crippen LogP contribution in [0, 0.1) is 5.41 Å². The normalized spacial score (nSPS) is 21.6. The molecule has 1 spiro atoms. The van der Waals surface area contributed by atoms with Gasteiger partial charge >= 0.3 is 0 Å². The molecular weight excluding hydrogens is 240 g/mol. The Bertz CT molecular complexity index is 471. The van der Waals surface area contributed by atoms with Gasteiger partial charge in [-0.2, -0.15) is 4.98 Å². The lowest BCUT2D eigenvalue weighted by Crippen LogP contribution is -2.37. The highest BCUT2D eigenvalue weighted by Gasteiger charge is 2.42. The van der Waals surface area contributed by atoms with E-state index in [9.17, 15) is 4.79 Å². The largest absolute Gasteiger partial charge is 0.367 e. The van der Waals surface area contributed by atoms with Crippen LogP contribution < -0.4 is 10.6 Å². The van der Waals surface area contributed by atoms with Gasteiger partial charge in [0.1, 0.15) is 5.69 Å². The molecule has 2 N–H and O–H groups in total. The number of nitrogens with zero attached hydrogens (tertiary/aromatic N) is 2. The Morgan fingerprint density at radius 3 is 2.88 bits per heavy atom. The summed E-state index contributed by atoms with van der Waals surface area (Å²) in [7, 11) is 0. The second-order valence-corrected chi connectivity index (χ2v) is 5.03. The number of hydrogen-bond donors (Lipinski definition) is 2. The van der Waals surface area contributed by atoms with Gasteiger partial charge in [-0.25, -0.2) is 4.98 Å². The van der Waals surface area contributed by atoms with E-state index in [-0.39, 0.29) is 16.6 Å². The van der Waals surface area contributed by atoms with Gasteiger partial charge in [0.25, 0.3) is 0 Å². The van der Waals surface area contributed by atoms with E-state index in [2.05, 4.69) is 20.6 Å². The predicted molar refractivity (Wildman–Crippen MR) is 65.1 cm³/mol. The molecule has 2 aliphatic rings. The molecule has 3 rings (SSSR count). The summed E-state index contributed by atoms with van der Waals surface area (Å²) in [4.78, 5) is 20.2. The summed E-state index contributed by atoms with van der Waals surface area (Å²) in [5.41, 5.74) is 0.330. The molecule has 1 amide bonds. The summed E-state index contributed by atoms with van der Waals surface area (Å²) >= 11 is 5.74. The third-order valence-corrected chi connectivity index (χ3v) is 3.83. The van der Waals surface area contributed by atoms with E-state index in [0.717, 1.165) is 25.7 Å². The van der Waals surface area contributed by atoms with E-state index in [1.54, 1.807) is 6.20 Å². The monoisotopic (exact) mass is 252 g/mol. The molecule has 1 fully saturated rings. The van der Waals surface area contributed by atoms with Crippen LogP contribution in [0.4, 0.5) is 11.5 Å². The summed E-state index contributed by atoms with van der Waals surface area (Å²) in [5.74, 6) is 0.689. The van der Waals surface area contributed by atoms with Crippen molar-refractivity contribution in [2.75, 3.05) is 17.2 Å². The van der Waals surface area contributed by atoms with Crippen LogP contribution >= 0.6 is 11.6 Å². The molecule has 0 unspecified atom stereocenters. The number of rotatable bonds is 0. The highest BCUT2D eigenvalue weighted by Crippen LogP contribution is 2.41. The molecule has 0 aromatic carbocycles. The molecule has 17 heavy (non-hydrogen) atoms. The van der Waals surface area contributed by atoms with Gasteiger partial charge in [0, 0.05) is 6.54 Å². The van der Waals surface area contributed by atoms with Crippen molar-refractivity contribution in [3.05, 3.63) is 11.5 Å². The minimum absolute atomic E-state index is 0.0761. The standard InChI is InChI=1S/C11H13ClN4O/c12-10-13-5-7-8(16-10)14-6-11(9(17)15-7)3-1-2-4-11/h5H,1-4,6H2,(H,15,17)(H,13,14,16). The molecule has 0 saturated heterocycles. The van der Waals surface area contributed by atoms with Crippen LogP contribution in [0.5, 0.6) is 0 Å². The van der Waals surface area contributed by atoms with Gasteiger partial charge in [-0.1, -0.05) is 12.8 Å². The van der Waals surface area contributed by atoms with Crippen molar-refractivity contribution < 1.29 is 4.79 Å². The van der Waals surface area contributed by atoms with Gasteiger partial charge in [-0.15, -0.1) is 0 Å². The zero-order chi connectivity index (χ0) is 11.9. The fourth-order valence-electron chi connectivity index (χ4n) is 2.63. The zero-order valence-corrected chi connectivity index (χ0v) is 10.0. The van der Waals surface area contributed by atoms with Gasteiger partial charge in [-0.3, -0.25) is 4.79 Å². The summed E-state index contributed by atoms with van der Waals surface area (Å²) in [6.07, 6.45) is 5.63. The second kappa shape index (κ2) is 3.84.